The van der Waals surface area contributed by atoms with Crippen molar-refractivity contribution >= 4 is 5.69 Å². The van der Waals surface area contributed by atoms with Crippen molar-refractivity contribution in [3.8, 4) is 5.75 Å². The van der Waals surface area contributed by atoms with E-state index in [9.17, 15) is 0 Å². The number of hydrogen-bond donors (Lipinski definition) is 1. The van der Waals surface area contributed by atoms with Crippen LogP contribution in [0.1, 0.15) is 5.69 Å². The molecule has 1 aromatic carbocycles. The zero-order chi connectivity index (χ0) is 14.4. The van der Waals surface area contributed by atoms with Crippen molar-refractivity contribution in [2.45, 2.75) is 6.54 Å². The number of nitrogens with one attached hydrogen (secondary N) is 1. The molecule has 20 heavy (non-hydrogen) atoms. The summed E-state index contributed by atoms with van der Waals surface area (Å²) in [5, 5.41) is 3.38. The number of anilines is 1. The lowest BCUT2D eigenvalue weighted by atomic mass is 10.3. The first-order valence-corrected chi connectivity index (χ1v) is 6.72. The summed E-state index contributed by atoms with van der Waals surface area (Å²) in [6, 6.07) is 8.03. The minimum atomic E-state index is 0.693. The number of aromatic nitrogens is 2. The van der Waals surface area contributed by atoms with E-state index in [4.69, 9.17) is 4.74 Å². The zero-order valence-corrected chi connectivity index (χ0v) is 12.3. The first-order valence-electron chi connectivity index (χ1n) is 6.72. The molecule has 0 unspecified atom stereocenters. The second kappa shape index (κ2) is 6.96. The predicted molar refractivity (Wildman–Crippen MR) is 81.0 cm³/mol. The van der Waals surface area contributed by atoms with Crippen molar-refractivity contribution in [3.63, 3.8) is 0 Å². The molecule has 0 aliphatic rings. The summed E-state index contributed by atoms with van der Waals surface area (Å²) in [5.41, 5.74) is 2.19. The van der Waals surface area contributed by atoms with Crippen LogP contribution in [0.25, 0.3) is 0 Å². The highest BCUT2D eigenvalue weighted by Crippen LogP contribution is 2.18. The minimum absolute atomic E-state index is 0.693. The van der Waals surface area contributed by atoms with Gasteiger partial charge in [-0.05, 0) is 26.2 Å². The normalized spacial score (nSPS) is 10.8. The topological polar surface area (TPSA) is 42.3 Å². The number of nitrogens with zero attached hydrogens (tertiary/aromatic N) is 3. The van der Waals surface area contributed by atoms with Gasteiger partial charge in [0.2, 0.25) is 0 Å². The van der Waals surface area contributed by atoms with E-state index < -0.39 is 0 Å². The fraction of sp³-hybridized carbons (Fsp3) is 0.400. The third kappa shape index (κ3) is 4.28. The lowest BCUT2D eigenvalue weighted by Crippen LogP contribution is -2.19. The molecule has 0 fully saturated rings. The molecule has 0 atom stereocenters. The summed E-state index contributed by atoms with van der Waals surface area (Å²) in [4.78, 5) is 6.20. The lowest BCUT2D eigenvalue weighted by molar-refractivity contribution is 0.261. The molecule has 0 saturated carbocycles. The molecule has 1 aromatic heterocycles. The molecule has 0 aliphatic carbocycles. The molecule has 1 heterocycles. The van der Waals surface area contributed by atoms with Crippen LogP contribution >= 0.6 is 0 Å². The van der Waals surface area contributed by atoms with E-state index in [-0.39, 0.29) is 0 Å². The Balaban J connectivity index is 1.87. The highest BCUT2D eigenvalue weighted by molar-refractivity contribution is 5.48. The molecule has 0 bridgehead atoms. The van der Waals surface area contributed by atoms with Gasteiger partial charge in [0.15, 0.2) is 0 Å². The molecule has 2 aromatic rings. The molecule has 0 spiro atoms. The van der Waals surface area contributed by atoms with Crippen LogP contribution in [0.5, 0.6) is 5.75 Å². The number of hydrogen-bond acceptors (Lipinski definition) is 4. The van der Waals surface area contributed by atoms with Crippen molar-refractivity contribution in [1.82, 2.24) is 14.5 Å². The maximum Gasteiger partial charge on any atom is 0.121 e. The fourth-order valence-corrected chi connectivity index (χ4v) is 1.79. The molecular weight excluding hydrogens is 252 g/mol. The molecule has 108 valence electrons. The van der Waals surface area contributed by atoms with Gasteiger partial charge < -0.3 is 19.5 Å². The molecule has 0 saturated heterocycles. The maximum absolute atomic E-state index is 5.72. The monoisotopic (exact) mass is 274 g/mol. The van der Waals surface area contributed by atoms with Gasteiger partial charge in [-0.3, -0.25) is 0 Å². The Labute approximate surface area is 120 Å². The van der Waals surface area contributed by atoms with E-state index in [0.29, 0.717) is 6.61 Å². The van der Waals surface area contributed by atoms with Gasteiger partial charge in [-0.2, -0.15) is 0 Å². The predicted octanol–water partition coefficient (Wildman–Crippen LogP) is 1.97. The van der Waals surface area contributed by atoms with Crippen LogP contribution < -0.4 is 10.1 Å². The van der Waals surface area contributed by atoms with E-state index in [1.807, 2.05) is 56.2 Å². The number of benzene rings is 1. The summed E-state index contributed by atoms with van der Waals surface area (Å²) in [6.45, 7) is 2.35. The average molecular weight is 274 g/mol. The van der Waals surface area contributed by atoms with E-state index >= 15 is 0 Å². The standard InChI is InChI=1S/C15H22N4O/c1-18(2)7-8-20-15-6-4-5-13(9-15)17-11-14-10-16-12-19(14)3/h4-6,9-10,12,17H,7-8,11H2,1-3H3. The third-order valence-corrected chi connectivity index (χ3v) is 3.03. The quantitative estimate of drug-likeness (QED) is 0.838. The van der Waals surface area contributed by atoms with Crippen LogP contribution in [0.4, 0.5) is 5.69 Å². The highest BCUT2D eigenvalue weighted by atomic mass is 16.5. The van der Waals surface area contributed by atoms with Gasteiger partial charge in [-0.1, -0.05) is 6.07 Å². The summed E-state index contributed by atoms with van der Waals surface area (Å²) in [5.74, 6) is 0.891. The van der Waals surface area contributed by atoms with Gasteiger partial charge in [-0.25, -0.2) is 4.98 Å². The SMILES string of the molecule is CN(C)CCOc1cccc(NCc2cncn2C)c1. The summed E-state index contributed by atoms with van der Waals surface area (Å²) < 4.78 is 7.72. The number of likely N-dealkylation sites (N-methyl/N-ethyl adjacent to an activating group) is 1. The second-order valence-electron chi connectivity index (χ2n) is 5.03. The van der Waals surface area contributed by atoms with Gasteiger partial charge in [-0.15, -0.1) is 0 Å². The Bertz CT molecular complexity index is 536. The molecule has 5 heteroatoms. The molecule has 0 radical (unpaired) electrons. The molecule has 5 nitrogen and oxygen atoms in total. The number of ether oxygens (including phenoxy) is 1. The second-order valence-corrected chi connectivity index (χ2v) is 5.03. The summed E-state index contributed by atoms with van der Waals surface area (Å²) in [7, 11) is 6.06. The van der Waals surface area contributed by atoms with Crippen LogP contribution in [0.2, 0.25) is 0 Å². The number of aryl methyl sites for hydroxylation is 1. The third-order valence-electron chi connectivity index (χ3n) is 3.03. The van der Waals surface area contributed by atoms with Crippen LogP contribution in [-0.2, 0) is 13.6 Å². The minimum Gasteiger partial charge on any atom is -0.492 e. The van der Waals surface area contributed by atoms with Crippen LogP contribution in [0, 0.1) is 0 Å². The molecule has 2 rings (SSSR count). The van der Waals surface area contributed by atoms with Crippen LogP contribution in [0.15, 0.2) is 36.8 Å². The molecular formula is C15H22N4O. The Hall–Kier alpha value is -2.01. The van der Waals surface area contributed by atoms with Crippen molar-refractivity contribution in [2.75, 3.05) is 32.6 Å². The van der Waals surface area contributed by atoms with E-state index in [1.165, 1.54) is 0 Å². The lowest BCUT2D eigenvalue weighted by Gasteiger charge is -2.12. The van der Waals surface area contributed by atoms with Crippen molar-refractivity contribution in [2.24, 2.45) is 7.05 Å². The first-order chi connectivity index (χ1) is 9.65. The van der Waals surface area contributed by atoms with Gasteiger partial charge in [0.05, 0.1) is 18.6 Å². The summed E-state index contributed by atoms with van der Waals surface area (Å²) in [6.07, 6.45) is 3.67. The van der Waals surface area contributed by atoms with E-state index in [0.717, 1.165) is 30.2 Å². The van der Waals surface area contributed by atoms with Gasteiger partial charge in [0.1, 0.15) is 12.4 Å². The van der Waals surface area contributed by atoms with Crippen molar-refractivity contribution < 1.29 is 4.74 Å². The highest BCUT2D eigenvalue weighted by Gasteiger charge is 2.00. The van der Waals surface area contributed by atoms with Crippen molar-refractivity contribution in [3.05, 3.63) is 42.5 Å². The largest absolute Gasteiger partial charge is 0.492 e. The van der Waals surface area contributed by atoms with Crippen LogP contribution in [0.3, 0.4) is 0 Å². The number of rotatable bonds is 7. The Morgan fingerprint density at radius 3 is 2.90 bits per heavy atom. The first kappa shape index (κ1) is 14.4. The molecule has 0 aliphatic heterocycles. The van der Waals surface area contributed by atoms with E-state index in [2.05, 4.69) is 15.2 Å². The fourth-order valence-electron chi connectivity index (χ4n) is 1.79. The Morgan fingerprint density at radius 2 is 2.20 bits per heavy atom. The number of imidazole rings is 1. The van der Waals surface area contributed by atoms with Crippen LogP contribution in [-0.4, -0.2) is 41.7 Å². The van der Waals surface area contributed by atoms with Crippen molar-refractivity contribution in [1.29, 1.82) is 0 Å². The smallest absolute Gasteiger partial charge is 0.121 e. The average Bonchev–Trinajstić information content (AvgIpc) is 2.82. The van der Waals surface area contributed by atoms with Gasteiger partial charge >= 0.3 is 0 Å². The van der Waals surface area contributed by atoms with E-state index in [1.54, 1.807) is 6.33 Å². The molecule has 0 amide bonds. The zero-order valence-electron chi connectivity index (χ0n) is 12.3. The van der Waals surface area contributed by atoms with Gasteiger partial charge in [0, 0.05) is 31.5 Å². The Kier molecular flexibility index (Phi) is 5.01. The summed E-state index contributed by atoms with van der Waals surface area (Å²) >= 11 is 0. The molecule has 1 N–H and O–H groups in total. The maximum atomic E-state index is 5.72. The van der Waals surface area contributed by atoms with Gasteiger partial charge in [0.25, 0.3) is 0 Å². The Morgan fingerprint density at radius 1 is 1.35 bits per heavy atom.